The summed E-state index contributed by atoms with van der Waals surface area (Å²) in [6, 6.07) is 14.9. The second kappa shape index (κ2) is 7.10. The van der Waals surface area contributed by atoms with Crippen LogP contribution >= 0.6 is 0 Å². The first-order chi connectivity index (χ1) is 9.70. The minimum Gasteiger partial charge on any atom is -0.496 e. The van der Waals surface area contributed by atoms with E-state index in [0.29, 0.717) is 24.4 Å². The summed E-state index contributed by atoms with van der Waals surface area (Å²) in [6.45, 7) is 0.842. The topological polar surface area (TPSA) is 58.9 Å². The van der Waals surface area contributed by atoms with E-state index in [1.54, 1.807) is 25.3 Å². The van der Waals surface area contributed by atoms with Crippen LogP contribution in [0, 0.1) is 0 Å². The van der Waals surface area contributed by atoms with Crippen LogP contribution in [-0.4, -0.2) is 24.3 Å². The van der Waals surface area contributed by atoms with E-state index in [1.165, 1.54) is 0 Å². The fourth-order valence-corrected chi connectivity index (χ4v) is 1.92. The third-order valence-corrected chi connectivity index (χ3v) is 2.97. The van der Waals surface area contributed by atoms with Gasteiger partial charge >= 0.3 is 7.12 Å². The summed E-state index contributed by atoms with van der Waals surface area (Å²) < 4.78 is 10.9. The Bertz CT molecular complexity index is 543. The molecule has 0 amide bonds. The minimum atomic E-state index is -1.49. The van der Waals surface area contributed by atoms with E-state index in [2.05, 4.69) is 0 Å². The Hall–Kier alpha value is -1.82. The van der Waals surface area contributed by atoms with Crippen molar-refractivity contribution in [1.82, 2.24) is 0 Å². The van der Waals surface area contributed by atoms with Crippen molar-refractivity contribution in [3.8, 4) is 5.75 Å². The van der Waals surface area contributed by atoms with E-state index in [1.807, 2.05) is 30.3 Å². The molecule has 0 aromatic heterocycles. The van der Waals surface area contributed by atoms with Gasteiger partial charge in [0.25, 0.3) is 0 Å². The molecule has 0 unspecified atom stereocenters. The zero-order valence-electron chi connectivity index (χ0n) is 11.3. The molecule has 104 valence electrons. The van der Waals surface area contributed by atoms with E-state index in [-0.39, 0.29) is 0 Å². The molecule has 0 radical (unpaired) electrons. The van der Waals surface area contributed by atoms with Gasteiger partial charge in [0.1, 0.15) is 5.75 Å². The summed E-state index contributed by atoms with van der Waals surface area (Å²) in [5.41, 5.74) is 2.29. The average molecular weight is 272 g/mol. The Labute approximate surface area is 118 Å². The van der Waals surface area contributed by atoms with Gasteiger partial charge in [-0.2, -0.15) is 0 Å². The predicted molar refractivity (Wildman–Crippen MR) is 77.8 cm³/mol. The highest BCUT2D eigenvalue weighted by molar-refractivity contribution is 6.58. The highest BCUT2D eigenvalue weighted by Crippen LogP contribution is 2.18. The Balaban J connectivity index is 2.02. The third kappa shape index (κ3) is 3.84. The largest absolute Gasteiger partial charge is 0.496 e. The molecule has 0 aliphatic heterocycles. The number of hydrogen-bond acceptors (Lipinski definition) is 4. The highest BCUT2D eigenvalue weighted by atomic mass is 16.5. The molecule has 2 rings (SSSR count). The summed E-state index contributed by atoms with van der Waals surface area (Å²) in [7, 11) is 0.0826. The minimum absolute atomic E-state index is 0.346. The van der Waals surface area contributed by atoms with Crippen molar-refractivity contribution < 1.29 is 19.5 Å². The lowest BCUT2D eigenvalue weighted by Gasteiger charge is -2.11. The molecule has 0 fully saturated rings. The molecular formula is C15H17BO4. The summed E-state index contributed by atoms with van der Waals surface area (Å²) in [5, 5.41) is 18.4. The Morgan fingerprint density at radius 2 is 1.75 bits per heavy atom. The lowest BCUT2D eigenvalue weighted by molar-refractivity contribution is 0.105. The fraction of sp³-hybridized carbons (Fsp3) is 0.200. The maximum Gasteiger partial charge on any atom is 0.488 e. The maximum absolute atomic E-state index is 9.19. The van der Waals surface area contributed by atoms with E-state index >= 15 is 0 Å². The number of hydrogen-bond donors (Lipinski definition) is 2. The van der Waals surface area contributed by atoms with Gasteiger partial charge in [0.15, 0.2) is 0 Å². The summed E-state index contributed by atoms with van der Waals surface area (Å²) in [6.07, 6.45) is 0. The van der Waals surface area contributed by atoms with Gasteiger partial charge < -0.3 is 19.5 Å². The van der Waals surface area contributed by atoms with Crippen molar-refractivity contribution in [3.05, 3.63) is 59.7 Å². The molecule has 0 heterocycles. The van der Waals surface area contributed by atoms with Crippen LogP contribution in [0.25, 0.3) is 0 Å². The molecule has 0 saturated heterocycles. The van der Waals surface area contributed by atoms with Crippen LogP contribution in [0.3, 0.4) is 0 Å². The number of benzene rings is 2. The van der Waals surface area contributed by atoms with Crippen molar-refractivity contribution in [3.63, 3.8) is 0 Å². The van der Waals surface area contributed by atoms with Crippen molar-refractivity contribution in [1.29, 1.82) is 0 Å². The molecule has 0 bridgehead atoms. The van der Waals surface area contributed by atoms with Gasteiger partial charge in [0.05, 0.1) is 20.3 Å². The zero-order chi connectivity index (χ0) is 14.4. The Morgan fingerprint density at radius 1 is 1.00 bits per heavy atom. The smallest absolute Gasteiger partial charge is 0.488 e. The molecule has 0 aliphatic carbocycles. The van der Waals surface area contributed by atoms with Crippen LogP contribution in [-0.2, 0) is 18.0 Å². The molecule has 0 aliphatic rings. The van der Waals surface area contributed by atoms with Crippen molar-refractivity contribution >= 4 is 12.6 Å². The second-order valence-corrected chi connectivity index (χ2v) is 4.42. The lowest BCUT2D eigenvalue weighted by atomic mass is 9.79. The second-order valence-electron chi connectivity index (χ2n) is 4.42. The molecule has 0 spiro atoms. The quantitative estimate of drug-likeness (QED) is 0.773. The average Bonchev–Trinajstić information content (AvgIpc) is 2.48. The molecule has 0 atom stereocenters. The number of methoxy groups -OCH3 is 1. The van der Waals surface area contributed by atoms with Crippen molar-refractivity contribution in [2.24, 2.45) is 0 Å². The Morgan fingerprint density at radius 3 is 2.40 bits per heavy atom. The zero-order valence-corrected chi connectivity index (χ0v) is 11.3. The van der Waals surface area contributed by atoms with E-state index in [0.717, 1.165) is 11.1 Å². The molecule has 2 aromatic rings. The highest BCUT2D eigenvalue weighted by Gasteiger charge is 2.13. The van der Waals surface area contributed by atoms with Crippen LogP contribution in [0.2, 0.25) is 0 Å². The van der Waals surface area contributed by atoms with Gasteiger partial charge in [0, 0.05) is 5.56 Å². The standard InChI is InChI=1S/C15H17BO4/c1-19-15-8-7-14(16(17)18)9-13(15)11-20-10-12-5-3-2-4-6-12/h2-9,17-18H,10-11H2,1H3. The summed E-state index contributed by atoms with van der Waals surface area (Å²) in [5.74, 6) is 0.669. The third-order valence-electron chi connectivity index (χ3n) is 2.97. The van der Waals surface area contributed by atoms with E-state index in [9.17, 15) is 10.0 Å². The number of rotatable bonds is 6. The SMILES string of the molecule is COc1ccc(B(O)O)cc1COCc1ccccc1. The normalized spacial score (nSPS) is 10.3. The van der Waals surface area contributed by atoms with Crippen LogP contribution in [0.5, 0.6) is 5.75 Å². The number of ether oxygens (including phenoxy) is 2. The van der Waals surface area contributed by atoms with E-state index in [4.69, 9.17) is 9.47 Å². The first kappa shape index (κ1) is 14.6. The van der Waals surface area contributed by atoms with Gasteiger partial charge in [-0.05, 0) is 17.1 Å². The van der Waals surface area contributed by atoms with Crippen molar-refractivity contribution in [2.45, 2.75) is 13.2 Å². The summed E-state index contributed by atoms with van der Waals surface area (Å²) >= 11 is 0. The van der Waals surface area contributed by atoms with Gasteiger partial charge in [-0.25, -0.2) is 0 Å². The van der Waals surface area contributed by atoms with Gasteiger partial charge in [0.2, 0.25) is 0 Å². The van der Waals surface area contributed by atoms with E-state index < -0.39 is 7.12 Å². The molecule has 4 nitrogen and oxygen atoms in total. The maximum atomic E-state index is 9.19. The first-order valence-electron chi connectivity index (χ1n) is 6.35. The summed E-state index contributed by atoms with van der Waals surface area (Å²) in [4.78, 5) is 0. The van der Waals surface area contributed by atoms with Crippen LogP contribution < -0.4 is 10.2 Å². The van der Waals surface area contributed by atoms with Crippen LogP contribution in [0.4, 0.5) is 0 Å². The molecule has 2 aromatic carbocycles. The van der Waals surface area contributed by atoms with Gasteiger partial charge in [-0.3, -0.25) is 0 Å². The van der Waals surface area contributed by atoms with Gasteiger partial charge in [-0.1, -0.05) is 42.5 Å². The monoisotopic (exact) mass is 272 g/mol. The molecule has 5 heteroatoms. The molecule has 20 heavy (non-hydrogen) atoms. The first-order valence-corrected chi connectivity index (χ1v) is 6.35. The van der Waals surface area contributed by atoms with Crippen LogP contribution in [0.1, 0.15) is 11.1 Å². The molecule has 0 saturated carbocycles. The Kier molecular flexibility index (Phi) is 5.18. The predicted octanol–water partition coefficient (Wildman–Crippen LogP) is 1.09. The lowest BCUT2D eigenvalue weighted by Crippen LogP contribution is -2.30. The van der Waals surface area contributed by atoms with Crippen LogP contribution in [0.15, 0.2) is 48.5 Å². The molecule has 2 N–H and O–H groups in total. The molecular weight excluding hydrogens is 255 g/mol. The van der Waals surface area contributed by atoms with Gasteiger partial charge in [-0.15, -0.1) is 0 Å². The van der Waals surface area contributed by atoms with Crippen molar-refractivity contribution in [2.75, 3.05) is 7.11 Å². The fourth-order valence-electron chi connectivity index (χ4n) is 1.92.